The number of likely N-dealkylation sites (tertiary alicyclic amines) is 1. The Bertz CT molecular complexity index is 1380. The van der Waals surface area contributed by atoms with Crippen LogP contribution in [0, 0.1) is 13.8 Å². The first-order valence-electron chi connectivity index (χ1n) is 12.0. The Hall–Kier alpha value is -3.68. The van der Waals surface area contributed by atoms with Gasteiger partial charge in [0.2, 0.25) is 0 Å². The molecule has 2 aromatic carbocycles. The molecule has 3 heterocycles. The lowest BCUT2D eigenvalue weighted by molar-refractivity contribution is 0.0661. The van der Waals surface area contributed by atoms with E-state index in [-0.39, 0.29) is 17.9 Å². The van der Waals surface area contributed by atoms with Crippen LogP contribution in [-0.2, 0) is 18.5 Å². The standard InChI is InChI=1S/C27H30N4O4/c1-18-14-19(2)16-21(15-18)23(32)29-11-8-27(9-12-29)10-13-30-24(33)25(34)31(28-26(27)30)17-20-4-6-22(35-3)7-5-20/h4-7,14-16H,8-13,17H2,1-3H3. The van der Waals surface area contributed by atoms with E-state index in [1.165, 1.54) is 4.68 Å². The Morgan fingerprint density at radius 3 is 2.20 bits per heavy atom. The molecule has 3 aromatic rings. The van der Waals surface area contributed by atoms with E-state index in [1.54, 1.807) is 11.7 Å². The minimum Gasteiger partial charge on any atom is -0.497 e. The quantitative estimate of drug-likeness (QED) is 0.543. The van der Waals surface area contributed by atoms with Gasteiger partial charge in [-0.05, 0) is 62.9 Å². The zero-order valence-corrected chi connectivity index (χ0v) is 20.4. The maximum Gasteiger partial charge on any atom is 0.332 e. The normalized spacial score (nSPS) is 16.4. The van der Waals surface area contributed by atoms with Gasteiger partial charge in [0.15, 0.2) is 0 Å². The zero-order valence-electron chi connectivity index (χ0n) is 20.4. The van der Waals surface area contributed by atoms with Gasteiger partial charge in [-0.15, -0.1) is 0 Å². The summed E-state index contributed by atoms with van der Waals surface area (Å²) in [5, 5.41) is 4.71. The smallest absolute Gasteiger partial charge is 0.332 e. The van der Waals surface area contributed by atoms with Gasteiger partial charge in [0.25, 0.3) is 5.91 Å². The molecule has 2 aliphatic rings. The number of aryl methyl sites for hydroxylation is 2. The van der Waals surface area contributed by atoms with Crippen molar-refractivity contribution in [2.45, 2.75) is 51.6 Å². The molecule has 5 rings (SSSR count). The number of amides is 1. The van der Waals surface area contributed by atoms with Crippen molar-refractivity contribution in [1.29, 1.82) is 0 Å². The Morgan fingerprint density at radius 2 is 1.57 bits per heavy atom. The van der Waals surface area contributed by atoms with Crippen LogP contribution in [0.2, 0.25) is 0 Å². The zero-order chi connectivity index (χ0) is 24.7. The van der Waals surface area contributed by atoms with E-state index in [0.717, 1.165) is 41.7 Å². The number of methoxy groups -OCH3 is 1. The van der Waals surface area contributed by atoms with E-state index in [9.17, 15) is 14.4 Å². The number of carbonyl (C=O) groups excluding carboxylic acids is 1. The van der Waals surface area contributed by atoms with Crippen LogP contribution in [0.4, 0.5) is 0 Å². The largest absolute Gasteiger partial charge is 0.497 e. The number of aromatic nitrogens is 3. The Kier molecular flexibility index (Phi) is 5.83. The molecular weight excluding hydrogens is 444 g/mol. The van der Waals surface area contributed by atoms with Gasteiger partial charge in [0.1, 0.15) is 11.6 Å². The molecule has 0 saturated carbocycles. The average molecular weight is 475 g/mol. The molecule has 0 unspecified atom stereocenters. The molecule has 0 N–H and O–H groups in total. The number of benzene rings is 2. The number of hydrogen-bond acceptors (Lipinski definition) is 5. The highest BCUT2D eigenvalue weighted by Gasteiger charge is 2.45. The third-order valence-corrected chi connectivity index (χ3v) is 7.39. The minimum absolute atomic E-state index is 0.0412. The third kappa shape index (κ3) is 4.17. The van der Waals surface area contributed by atoms with Crippen molar-refractivity contribution >= 4 is 5.91 Å². The predicted molar refractivity (Wildman–Crippen MR) is 132 cm³/mol. The van der Waals surface area contributed by atoms with Gasteiger partial charge in [0.05, 0.1) is 13.7 Å². The molecule has 0 bridgehead atoms. The van der Waals surface area contributed by atoms with E-state index in [4.69, 9.17) is 9.84 Å². The predicted octanol–water partition coefficient (Wildman–Crippen LogP) is 2.66. The second kappa shape index (κ2) is 8.83. The molecule has 1 fully saturated rings. The summed E-state index contributed by atoms with van der Waals surface area (Å²) in [5.74, 6) is 1.44. The number of rotatable bonds is 4. The monoisotopic (exact) mass is 474 g/mol. The Labute approximate surface area is 203 Å². The first-order valence-corrected chi connectivity index (χ1v) is 12.0. The van der Waals surface area contributed by atoms with Crippen molar-refractivity contribution < 1.29 is 9.53 Å². The molecule has 1 saturated heterocycles. The Morgan fingerprint density at radius 1 is 0.943 bits per heavy atom. The summed E-state index contributed by atoms with van der Waals surface area (Å²) in [4.78, 5) is 40.7. The highest BCUT2D eigenvalue weighted by atomic mass is 16.5. The second-order valence-corrected chi connectivity index (χ2v) is 9.79. The molecule has 1 amide bonds. The lowest BCUT2D eigenvalue weighted by atomic mass is 9.76. The summed E-state index contributed by atoms with van der Waals surface area (Å²) in [6, 6.07) is 13.3. The minimum atomic E-state index is -0.607. The second-order valence-electron chi connectivity index (χ2n) is 9.79. The van der Waals surface area contributed by atoms with Gasteiger partial charge in [-0.2, -0.15) is 5.10 Å². The van der Waals surface area contributed by atoms with Gasteiger partial charge >= 0.3 is 11.1 Å². The van der Waals surface area contributed by atoms with E-state index in [0.29, 0.717) is 31.0 Å². The maximum absolute atomic E-state index is 13.2. The van der Waals surface area contributed by atoms with Gasteiger partial charge in [-0.1, -0.05) is 29.3 Å². The van der Waals surface area contributed by atoms with Crippen LogP contribution >= 0.6 is 0 Å². The molecule has 0 atom stereocenters. The maximum atomic E-state index is 13.2. The first-order chi connectivity index (χ1) is 16.8. The third-order valence-electron chi connectivity index (χ3n) is 7.39. The molecule has 35 heavy (non-hydrogen) atoms. The van der Waals surface area contributed by atoms with E-state index < -0.39 is 11.1 Å². The van der Waals surface area contributed by atoms with Crippen molar-refractivity contribution in [3.05, 3.63) is 91.3 Å². The molecule has 1 spiro atoms. The van der Waals surface area contributed by atoms with Crippen molar-refractivity contribution in [2.75, 3.05) is 20.2 Å². The number of ether oxygens (including phenoxy) is 1. The van der Waals surface area contributed by atoms with Crippen molar-refractivity contribution in [3.8, 4) is 5.75 Å². The summed E-state index contributed by atoms with van der Waals surface area (Å²) in [7, 11) is 1.60. The highest BCUT2D eigenvalue weighted by Crippen LogP contribution is 2.41. The van der Waals surface area contributed by atoms with Gasteiger partial charge < -0.3 is 9.64 Å². The van der Waals surface area contributed by atoms with Crippen molar-refractivity contribution in [2.24, 2.45) is 0 Å². The van der Waals surface area contributed by atoms with Crippen molar-refractivity contribution in [1.82, 2.24) is 19.2 Å². The topological polar surface area (TPSA) is 86.4 Å². The van der Waals surface area contributed by atoms with Gasteiger partial charge in [-0.3, -0.25) is 19.0 Å². The fourth-order valence-corrected chi connectivity index (χ4v) is 5.48. The molecule has 0 radical (unpaired) electrons. The molecule has 8 heteroatoms. The van der Waals surface area contributed by atoms with Crippen LogP contribution in [-0.4, -0.2) is 45.4 Å². The first kappa shape index (κ1) is 23.1. The lowest BCUT2D eigenvalue weighted by Crippen LogP contribution is -2.48. The summed E-state index contributed by atoms with van der Waals surface area (Å²) in [6.45, 7) is 5.90. The van der Waals surface area contributed by atoms with Gasteiger partial charge in [0, 0.05) is 30.6 Å². The fourth-order valence-electron chi connectivity index (χ4n) is 5.48. The number of fused-ring (bicyclic) bond motifs is 2. The van der Waals surface area contributed by atoms with E-state index >= 15 is 0 Å². The summed E-state index contributed by atoms with van der Waals surface area (Å²) in [6.07, 6.45) is 2.19. The average Bonchev–Trinajstić information content (AvgIpc) is 3.20. The molecule has 0 aliphatic carbocycles. The molecule has 182 valence electrons. The molecule has 1 aromatic heterocycles. The summed E-state index contributed by atoms with van der Waals surface area (Å²) >= 11 is 0. The number of hydrogen-bond donors (Lipinski definition) is 0. The molecular formula is C27H30N4O4. The van der Waals surface area contributed by atoms with Crippen LogP contribution in [0.5, 0.6) is 5.75 Å². The van der Waals surface area contributed by atoms with Crippen LogP contribution in [0.1, 0.15) is 52.1 Å². The van der Waals surface area contributed by atoms with Crippen LogP contribution in [0.25, 0.3) is 0 Å². The number of piperidine rings is 1. The number of nitrogens with zero attached hydrogens (tertiary/aromatic N) is 4. The SMILES string of the molecule is COc1ccc(Cn2nc3n(c(=O)c2=O)CCC32CCN(C(=O)c3cc(C)cc(C)c3)CC2)cc1. The van der Waals surface area contributed by atoms with Crippen LogP contribution in [0.15, 0.2) is 52.1 Å². The van der Waals surface area contributed by atoms with Crippen LogP contribution in [0.3, 0.4) is 0 Å². The van der Waals surface area contributed by atoms with Gasteiger partial charge in [-0.25, -0.2) is 4.68 Å². The van der Waals surface area contributed by atoms with Crippen LogP contribution < -0.4 is 15.9 Å². The lowest BCUT2D eigenvalue weighted by Gasteiger charge is -2.38. The summed E-state index contributed by atoms with van der Waals surface area (Å²) in [5.41, 5.74) is 2.31. The molecule has 8 nitrogen and oxygen atoms in total. The van der Waals surface area contributed by atoms with E-state index in [2.05, 4.69) is 6.07 Å². The number of carbonyl (C=O) groups is 1. The fraction of sp³-hybridized carbons (Fsp3) is 0.407. The highest BCUT2D eigenvalue weighted by molar-refractivity contribution is 5.94. The Balaban J connectivity index is 1.39. The van der Waals surface area contributed by atoms with E-state index in [1.807, 2.05) is 55.1 Å². The van der Waals surface area contributed by atoms with Crippen molar-refractivity contribution in [3.63, 3.8) is 0 Å². The molecule has 2 aliphatic heterocycles. The summed E-state index contributed by atoms with van der Waals surface area (Å²) < 4.78 is 8.04.